The lowest BCUT2D eigenvalue weighted by molar-refractivity contribution is -0.0464. The van der Waals surface area contributed by atoms with Gasteiger partial charge < -0.3 is 35.0 Å². The van der Waals surface area contributed by atoms with Crippen molar-refractivity contribution in [1.82, 2.24) is 0 Å². The first kappa shape index (κ1) is 32.4. The van der Waals surface area contributed by atoms with Gasteiger partial charge in [-0.05, 0) is 36.4 Å². The van der Waals surface area contributed by atoms with E-state index < -0.39 is 35.7 Å². The van der Waals surface area contributed by atoms with Crippen LogP contribution in [0.2, 0.25) is 0 Å². The summed E-state index contributed by atoms with van der Waals surface area (Å²) in [7, 11) is 1.33. The molecule has 1 saturated heterocycles. The van der Waals surface area contributed by atoms with Crippen molar-refractivity contribution >= 4 is 17.9 Å². The number of rotatable bonds is 5. The van der Waals surface area contributed by atoms with Crippen molar-refractivity contribution < 1.29 is 49.4 Å². The number of hydrogen-bond donors (Lipinski definition) is 5. The Hall–Kier alpha value is -4.60. The van der Waals surface area contributed by atoms with Crippen molar-refractivity contribution in [2.75, 3.05) is 20.3 Å². The summed E-state index contributed by atoms with van der Waals surface area (Å²) >= 11 is 0. The van der Waals surface area contributed by atoms with E-state index in [-0.39, 0.29) is 13.2 Å². The number of aliphatic hydroxyl groups is 2. The highest BCUT2D eigenvalue weighted by atomic mass is 16.6. The lowest BCUT2D eigenvalue weighted by atomic mass is 9.98. The molecule has 3 atom stereocenters. The Morgan fingerprint density at radius 1 is 0.821 bits per heavy atom. The van der Waals surface area contributed by atoms with Crippen molar-refractivity contribution in [3.05, 3.63) is 108 Å². The van der Waals surface area contributed by atoms with Gasteiger partial charge in [-0.15, -0.1) is 0 Å². The highest BCUT2D eigenvalue weighted by molar-refractivity contribution is 5.88. The van der Waals surface area contributed by atoms with Gasteiger partial charge in [0.1, 0.15) is 18.3 Å². The molecule has 0 bridgehead atoms. The number of carbonyl (C=O) groups is 3. The van der Waals surface area contributed by atoms with Crippen LogP contribution in [0.3, 0.4) is 0 Å². The Morgan fingerprint density at radius 2 is 1.15 bits per heavy atom. The minimum atomic E-state index is -1.31. The molecule has 39 heavy (non-hydrogen) atoms. The van der Waals surface area contributed by atoms with Gasteiger partial charge in [-0.1, -0.05) is 54.6 Å². The summed E-state index contributed by atoms with van der Waals surface area (Å²) in [5, 5.41) is 52.0. The van der Waals surface area contributed by atoms with Gasteiger partial charge in [-0.25, -0.2) is 14.4 Å². The van der Waals surface area contributed by atoms with E-state index in [1.807, 2.05) is 6.07 Å². The Balaban J connectivity index is 0.000000262. The summed E-state index contributed by atoms with van der Waals surface area (Å²) in [6.45, 7) is -0.319. The molecule has 5 N–H and O–H groups in total. The van der Waals surface area contributed by atoms with E-state index >= 15 is 0 Å². The summed E-state index contributed by atoms with van der Waals surface area (Å²) < 4.78 is 9.81. The highest BCUT2D eigenvalue weighted by Gasteiger charge is 2.50. The van der Waals surface area contributed by atoms with Crippen LogP contribution in [-0.2, 0) is 9.47 Å². The highest BCUT2D eigenvalue weighted by Crippen LogP contribution is 2.27. The Morgan fingerprint density at radius 3 is 1.31 bits per heavy atom. The number of carboxylic acid groups (broad SMARTS) is 3. The second-order valence-corrected chi connectivity index (χ2v) is 7.70. The van der Waals surface area contributed by atoms with Gasteiger partial charge >= 0.3 is 17.9 Å². The quantitative estimate of drug-likeness (QED) is 0.320. The SMILES string of the molecule is CO[C@]1(C#N)CO[C@H](CO)[C@@H]1O.O=C(O)c1ccccc1.O=C(O)c1ccccc1.O=C(O)c1ccccc1. The molecular weight excluding hydrogens is 510 g/mol. The maximum Gasteiger partial charge on any atom is 0.335 e. The van der Waals surface area contributed by atoms with E-state index in [1.54, 1.807) is 91.0 Å². The van der Waals surface area contributed by atoms with E-state index in [0.29, 0.717) is 16.7 Å². The van der Waals surface area contributed by atoms with Gasteiger partial charge in [0, 0.05) is 7.11 Å². The molecule has 11 heteroatoms. The van der Waals surface area contributed by atoms with Crippen LogP contribution >= 0.6 is 0 Å². The van der Waals surface area contributed by atoms with E-state index in [9.17, 15) is 19.5 Å². The number of benzene rings is 3. The molecule has 0 aliphatic carbocycles. The molecule has 0 unspecified atom stereocenters. The van der Waals surface area contributed by atoms with Gasteiger partial charge in [-0.3, -0.25) is 0 Å². The van der Waals surface area contributed by atoms with Crippen LogP contribution in [0.25, 0.3) is 0 Å². The van der Waals surface area contributed by atoms with Crippen LogP contribution in [-0.4, -0.2) is 81.6 Å². The number of hydrogen-bond acceptors (Lipinski definition) is 8. The fraction of sp³-hybridized carbons (Fsp3) is 0.214. The fourth-order valence-electron chi connectivity index (χ4n) is 2.93. The van der Waals surface area contributed by atoms with Crippen molar-refractivity contribution in [2.24, 2.45) is 0 Å². The lowest BCUT2D eigenvalue weighted by Gasteiger charge is -2.22. The molecule has 0 aromatic heterocycles. The molecule has 3 aromatic rings. The summed E-state index contributed by atoms with van der Waals surface area (Å²) in [6, 6.07) is 26.7. The predicted molar refractivity (Wildman–Crippen MR) is 138 cm³/mol. The molecule has 0 radical (unpaired) electrons. The third-order valence-corrected chi connectivity index (χ3v) is 5.14. The van der Waals surface area contributed by atoms with Crippen LogP contribution in [0.4, 0.5) is 0 Å². The largest absolute Gasteiger partial charge is 0.478 e. The van der Waals surface area contributed by atoms with E-state index in [1.165, 1.54) is 7.11 Å². The summed E-state index contributed by atoms with van der Waals surface area (Å²) in [4.78, 5) is 30.6. The Labute approximate surface area is 224 Å². The number of nitriles is 1. The van der Waals surface area contributed by atoms with Gasteiger partial charge in [0.2, 0.25) is 5.60 Å². The average Bonchev–Trinajstić information content (AvgIpc) is 3.30. The van der Waals surface area contributed by atoms with Crippen molar-refractivity contribution in [2.45, 2.75) is 17.8 Å². The zero-order chi connectivity index (χ0) is 29.3. The molecule has 0 spiro atoms. The summed E-state index contributed by atoms with van der Waals surface area (Å²) in [6.07, 6.45) is -1.80. The molecule has 3 aromatic carbocycles. The first-order chi connectivity index (χ1) is 18.6. The minimum absolute atomic E-state index is 0.00755. The molecule has 4 rings (SSSR count). The molecule has 0 amide bonds. The van der Waals surface area contributed by atoms with Crippen LogP contribution in [0, 0.1) is 11.3 Å². The molecule has 11 nitrogen and oxygen atoms in total. The molecule has 1 aliphatic rings. The minimum Gasteiger partial charge on any atom is -0.478 e. The van der Waals surface area contributed by atoms with Gasteiger partial charge in [0.15, 0.2) is 0 Å². The van der Waals surface area contributed by atoms with Gasteiger partial charge in [-0.2, -0.15) is 5.26 Å². The van der Waals surface area contributed by atoms with Crippen molar-refractivity contribution in [3.63, 3.8) is 0 Å². The normalized spacial score (nSPS) is 18.8. The van der Waals surface area contributed by atoms with E-state index in [2.05, 4.69) is 0 Å². The number of ether oxygens (including phenoxy) is 2. The first-order valence-electron chi connectivity index (χ1n) is 11.3. The third-order valence-electron chi connectivity index (χ3n) is 5.14. The van der Waals surface area contributed by atoms with E-state index in [4.69, 9.17) is 35.2 Å². The smallest absolute Gasteiger partial charge is 0.335 e. The summed E-state index contributed by atoms with van der Waals surface area (Å²) in [5.74, 6) is -2.64. The molecule has 1 heterocycles. The zero-order valence-electron chi connectivity index (χ0n) is 21.0. The lowest BCUT2D eigenvalue weighted by Crippen LogP contribution is -2.45. The maximum atomic E-state index is 10.2. The van der Waals surface area contributed by atoms with Crippen LogP contribution in [0.1, 0.15) is 31.1 Å². The predicted octanol–water partition coefficient (Wildman–Crippen LogP) is 2.80. The number of aliphatic hydroxyl groups excluding tert-OH is 2. The van der Waals surface area contributed by atoms with Crippen LogP contribution in [0.15, 0.2) is 91.0 Å². The fourth-order valence-corrected chi connectivity index (χ4v) is 2.93. The second kappa shape index (κ2) is 17.0. The molecule has 0 saturated carbocycles. The zero-order valence-corrected chi connectivity index (χ0v) is 21.0. The number of aromatic carboxylic acids is 3. The number of methoxy groups -OCH3 is 1. The maximum absolute atomic E-state index is 10.2. The van der Waals surface area contributed by atoms with Gasteiger partial charge in [0.25, 0.3) is 0 Å². The first-order valence-corrected chi connectivity index (χ1v) is 11.3. The molecule has 1 aliphatic heterocycles. The molecular formula is C28H29NO10. The topological polar surface area (TPSA) is 195 Å². The van der Waals surface area contributed by atoms with E-state index in [0.717, 1.165) is 0 Å². The third kappa shape index (κ3) is 10.7. The Kier molecular flexibility index (Phi) is 14.1. The van der Waals surface area contributed by atoms with Gasteiger partial charge in [0.05, 0.1) is 29.9 Å². The second-order valence-electron chi connectivity index (χ2n) is 7.70. The van der Waals surface area contributed by atoms with Crippen molar-refractivity contribution in [3.8, 4) is 6.07 Å². The van der Waals surface area contributed by atoms with Crippen LogP contribution < -0.4 is 0 Å². The molecule has 1 fully saturated rings. The standard InChI is InChI=1S/C7H11NO4.3C7H6O2/c1-11-7(3-8)4-12-5(2-9)6(7)10;3*8-7(9)6-4-2-1-3-5-6/h5-6,9-10H,2,4H2,1H3;3*1-5H,(H,8,9)/t5-,6+,7-;;;/m1.../s1. The number of carboxylic acids is 3. The van der Waals surface area contributed by atoms with Crippen molar-refractivity contribution in [1.29, 1.82) is 5.26 Å². The monoisotopic (exact) mass is 539 g/mol. The molecule has 206 valence electrons. The average molecular weight is 540 g/mol. The summed E-state index contributed by atoms with van der Waals surface area (Å²) in [5.41, 5.74) is -0.319. The van der Waals surface area contributed by atoms with Crippen LogP contribution in [0.5, 0.6) is 0 Å². The Bertz CT molecular complexity index is 1080. The number of nitrogens with zero attached hydrogens (tertiary/aromatic N) is 1.